The van der Waals surface area contributed by atoms with Gasteiger partial charge in [-0.2, -0.15) is 15.0 Å². The van der Waals surface area contributed by atoms with Gasteiger partial charge in [-0.05, 0) is 18.8 Å². The number of nitrogens with one attached hydrogen (secondary N) is 1. The molecule has 0 unspecified atom stereocenters. The van der Waals surface area contributed by atoms with Crippen LogP contribution in [0.3, 0.4) is 0 Å². The fourth-order valence-electron chi connectivity index (χ4n) is 2.03. The lowest BCUT2D eigenvalue weighted by Gasteiger charge is -2.20. The second kappa shape index (κ2) is 4.93. The zero-order valence-electron chi connectivity index (χ0n) is 11.1. The van der Waals surface area contributed by atoms with Crippen molar-refractivity contribution < 1.29 is 4.74 Å². The third kappa shape index (κ3) is 2.79. The van der Waals surface area contributed by atoms with Gasteiger partial charge in [-0.3, -0.25) is 5.43 Å². The second-order valence-corrected chi connectivity index (χ2v) is 5.15. The topological polar surface area (TPSA) is 89.2 Å². The fourth-order valence-corrected chi connectivity index (χ4v) is 2.03. The lowest BCUT2D eigenvalue weighted by Crippen LogP contribution is -2.26. The summed E-state index contributed by atoms with van der Waals surface area (Å²) in [6.07, 6.45) is 1.12. The van der Waals surface area contributed by atoms with E-state index in [4.69, 9.17) is 10.6 Å². The standard InChI is InChI=1S/C11H20N6O/c1-4-18-10-14-8(16-12)13-9(15-10)17-6-5-11(2,3)7-17/h4-7,12H2,1-3H3,(H,13,14,15,16). The van der Waals surface area contributed by atoms with Crippen LogP contribution in [-0.2, 0) is 0 Å². The molecule has 1 aliphatic heterocycles. The maximum absolute atomic E-state index is 5.36. The first kappa shape index (κ1) is 12.8. The molecule has 1 aromatic heterocycles. The van der Waals surface area contributed by atoms with Crippen molar-refractivity contribution in [1.29, 1.82) is 0 Å². The molecule has 2 heterocycles. The minimum absolute atomic E-state index is 0.286. The van der Waals surface area contributed by atoms with Crippen molar-refractivity contribution in [2.24, 2.45) is 11.3 Å². The molecule has 0 aromatic carbocycles. The van der Waals surface area contributed by atoms with E-state index in [1.54, 1.807) is 0 Å². The maximum atomic E-state index is 5.36. The number of rotatable bonds is 4. The van der Waals surface area contributed by atoms with Crippen molar-refractivity contribution in [3.63, 3.8) is 0 Å². The highest BCUT2D eigenvalue weighted by atomic mass is 16.5. The van der Waals surface area contributed by atoms with Gasteiger partial charge < -0.3 is 9.64 Å². The van der Waals surface area contributed by atoms with Crippen molar-refractivity contribution in [3.8, 4) is 6.01 Å². The van der Waals surface area contributed by atoms with Gasteiger partial charge in [-0.15, -0.1) is 0 Å². The molecule has 18 heavy (non-hydrogen) atoms. The molecule has 1 aliphatic rings. The lowest BCUT2D eigenvalue weighted by atomic mass is 9.93. The fraction of sp³-hybridized carbons (Fsp3) is 0.727. The molecule has 100 valence electrons. The second-order valence-electron chi connectivity index (χ2n) is 5.15. The summed E-state index contributed by atoms with van der Waals surface area (Å²) in [5, 5.41) is 0. The number of ether oxygens (including phenoxy) is 1. The van der Waals surface area contributed by atoms with E-state index in [0.29, 0.717) is 24.5 Å². The van der Waals surface area contributed by atoms with Gasteiger partial charge in [0.2, 0.25) is 11.9 Å². The Kier molecular flexibility index (Phi) is 3.51. The Morgan fingerprint density at radius 3 is 2.72 bits per heavy atom. The quantitative estimate of drug-likeness (QED) is 0.605. The van der Waals surface area contributed by atoms with Crippen LogP contribution in [0.2, 0.25) is 0 Å². The molecule has 1 aromatic rings. The molecule has 0 spiro atoms. The summed E-state index contributed by atoms with van der Waals surface area (Å²) in [5.74, 6) is 6.30. The lowest BCUT2D eigenvalue weighted by molar-refractivity contribution is 0.312. The molecule has 0 aliphatic carbocycles. The highest BCUT2D eigenvalue weighted by Crippen LogP contribution is 2.31. The van der Waals surface area contributed by atoms with Crippen molar-refractivity contribution in [2.75, 3.05) is 30.0 Å². The monoisotopic (exact) mass is 252 g/mol. The van der Waals surface area contributed by atoms with Crippen LogP contribution in [0.5, 0.6) is 6.01 Å². The van der Waals surface area contributed by atoms with E-state index in [1.165, 1.54) is 0 Å². The normalized spacial score (nSPS) is 17.9. The predicted octanol–water partition coefficient (Wildman–Crippen LogP) is 0.792. The average Bonchev–Trinajstić information content (AvgIpc) is 2.70. The molecule has 7 heteroatoms. The zero-order valence-corrected chi connectivity index (χ0v) is 11.1. The molecule has 7 nitrogen and oxygen atoms in total. The summed E-state index contributed by atoms with van der Waals surface area (Å²) < 4.78 is 5.32. The predicted molar refractivity (Wildman–Crippen MR) is 69.4 cm³/mol. The third-order valence-electron chi connectivity index (χ3n) is 2.97. The summed E-state index contributed by atoms with van der Waals surface area (Å²) >= 11 is 0. The van der Waals surface area contributed by atoms with Crippen molar-refractivity contribution in [1.82, 2.24) is 15.0 Å². The Morgan fingerprint density at radius 2 is 2.17 bits per heavy atom. The number of nitrogens with two attached hydrogens (primary N) is 1. The van der Waals surface area contributed by atoms with E-state index in [-0.39, 0.29) is 5.41 Å². The summed E-state index contributed by atoms with van der Waals surface area (Å²) in [6, 6.07) is 0.306. The van der Waals surface area contributed by atoms with E-state index < -0.39 is 0 Å². The Labute approximate surface area is 107 Å². The molecule has 2 rings (SSSR count). The van der Waals surface area contributed by atoms with Crippen LogP contribution in [0.4, 0.5) is 11.9 Å². The minimum Gasteiger partial charge on any atom is -0.464 e. The number of hydrogen-bond acceptors (Lipinski definition) is 7. The number of hydrogen-bond donors (Lipinski definition) is 2. The van der Waals surface area contributed by atoms with E-state index in [9.17, 15) is 0 Å². The summed E-state index contributed by atoms with van der Waals surface area (Å²) in [5.41, 5.74) is 2.73. The van der Waals surface area contributed by atoms with Gasteiger partial charge in [0.15, 0.2) is 0 Å². The molecule has 0 amide bonds. The Bertz CT molecular complexity index is 422. The van der Waals surface area contributed by atoms with Crippen LogP contribution in [0, 0.1) is 5.41 Å². The largest absolute Gasteiger partial charge is 0.464 e. The average molecular weight is 252 g/mol. The van der Waals surface area contributed by atoms with E-state index in [1.807, 2.05) is 6.92 Å². The number of hydrazine groups is 1. The van der Waals surface area contributed by atoms with Gasteiger partial charge in [-0.25, -0.2) is 5.84 Å². The zero-order chi connectivity index (χ0) is 13.2. The SMILES string of the molecule is CCOc1nc(NN)nc(N2CCC(C)(C)C2)n1. The number of nitrogen functional groups attached to an aromatic ring is 1. The van der Waals surface area contributed by atoms with Gasteiger partial charge in [0.25, 0.3) is 0 Å². The highest BCUT2D eigenvalue weighted by molar-refractivity contribution is 5.39. The smallest absolute Gasteiger partial charge is 0.323 e. The first-order valence-corrected chi connectivity index (χ1v) is 6.14. The molecule has 3 N–H and O–H groups in total. The molecular formula is C11H20N6O. The van der Waals surface area contributed by atoms with Crippen molar-refractivity contribution in [2.45, 2.75) is 27.2 Å². The Balaban J connectivity index is 2.24. The Morgan fingerprint density at radius 1 is 1.39 bits per heavy atom. The molecule has 0 saturated carbocycles. The number of nitrogens with zero attached hydrogens (tertiary/aromatic N) is 4. The van der Waals surface area contributed by atoms with Crippen LogP contribution in [-0.4, -0.2) is 34.6 Å². The first-order chi connectivity index (χ1) is 8.54. The van der Waals surface area contributed by atoms with Gasteiger partial charge in [0, 0.05) is 13.1 Å². The van der Waals surface area contributed by atoms with E-state index in [0.717, 1.165) is 19.5 Å². The summed E-state index contributed by atoms with van der Waals surface area (Å²) in [4.78, 5) is 14.7. The molecule has 0 radical (unpaired) electrons. The van der Waals surface area contributed by atoms with Crippen LogP contribution in [0.15, 0.2) is 0 Å². The molecular weight excluding hydrogens is 232 g/mol. The minimum atomic E-state index is 0.286. The van der Waals surface area contributed by atoms with Crippen molar-refractivity contribution >= 4 is 11.9 Å². The first-order valence-electron chi connectivity index (χ1n) is 6.14. The van der Waals surface area contributed by atoms with Gasteiger partial charge in [-0.1, -0.05) is 13.8 Å². The molecule has 0 bridgehead atoms. The van der Waals surface area contributed by atoms with Crippen LogP contribution >= 0.6 is 0 Å². The van der Waals surface area contributed by atoms with Gasteiger partial charge >= 0.3 is 6.01 Å². The van der Waals surface area contributed by atoms with Gasteiger partial charge in [0.05, 0.1) is 6.61 Å². The molecule has 1 fully saturated rings. The number of anilines is 2. The van der Waals surface area contributed by atoms with E-state index >= 15 is 0 Å². The van der Waals surface area contributed by atoms with Crippen LogP contribution in [0.25, 0.3) is 0 Å². The maximum Gasteiger partial charge on any atom is 0.323 e. The van der Waals surface area contributed by atoms with Crippen molar-refractivity contribution in [3.05, 3.63) is 0 Å². The molecule has 0 atom stereocenters. The summed E-state index contributed by atoms with van der Waals surface area (Å²) in [7, 11) is 0. The number of aromatic nitrogens is 3. The highest BCUT2D eigenvalue weighted by Gasteiger charge is 2.31. The Hall–Kier alpha value is -1.63. The third-order valence-corrected chi connectivity index (χ3v) is 2.97. The van der Waals surface area contributed by atoms with Crippen LogP contribution in [0.1, 0.15) is 27.2 Å². The van der Waals surface area contributed by atoms with E-state index in [2.05, 4.69) is 39.1 Å². The van der Waals surface area contributed by atoms with Crippen LogP contribution < -0.4 is 20.9 Å². The summed E-state index contributed by atoms with van der Waals surface area (Å²) in [6.45, 7) is 8.73. The molecule has 1 saturated heterocycles. The van der Waals surface area contributed by atoms with Gasteiger partial charge in [0.1, 0.15) is 0 Å².